The van der Waals surface area contributed by atoms with Crippen molar-refractivity contribution in [1.29, 1.82) is 0 Å². The summed E-state index contributed by atoms with van der Waals surface area (Å²) in [5, 5.41) is 3.74. The SMILES string of the molecule is CCCC1(CCc2ccccc2)CCCN1. The average Bonchev–Trinajstić information content (AvgIpc) is 2.78. The van der Waals surface area contributed by atoms with E-state index in [4.69, 9.17) is 0 Å². The second-order valence-corrected chi connectivity index (χ2v) is 5.05. The summed E-state index contributed by atoms with van der Waals surface area (Å²) < 4.78 is 0. The van der Waals surface area contributed by atoms with Gasteiger partial charge in [0.25, 0.3) is 0 Å². The molecule has 1 heterocycles. The molecule has 0 bridgehead atoms. The molecule has 1 aliphatic heterocycles. The minimum Gasteiger partial charge on any atom is -0.311 e. The highest BCUT2D eigenvalue weighted by molar-refractivity contribution is 5.15. The van der Waals surface area contributed by atoms with Gasteiger partial charge in [-0.2, -0.15) is 0 Å². The number of hydrogen-bond acceptors (Lipinski definition) is 1. The summed E-state index contributed by atoms with van der Waals surface area (Å²) in [6, 6.07) is 10.9. The minimum absolute atomic E-state index is 0.449. The highest BCUT2D eigenvalue weighted by Gasteiger charge is 2.31. The second kappa shape index (κ2) is 5.49. The summed E-state index contributed by atoms with van der Waals surface area (Å²) >= 11 is 0. The van der Waals surface area contributed by atoms with Crippen LogP contribution in [0.25, 0.3) is 0 Å². The van der Waals surface area contributed by atoms with Crippen LogP contribution in [-0.2, 0) is 6.42 Å². The molecule has 2 rings (SSSR count). The van der Waals surface area contributed by atoms with Gasteiger partial charge in [0.2, 0.25) is 0 Å². The molecule has 1 N–H and O–H groups in total. The van der Waals surface area contributed by atoms with E-state index in [1.54, 1.807) is 0 Å². The molecule has 1 unspecified atom stereocenters. The maximum Gasteiger partial charge on any atom is 0.0185 e. The fourth-order valence-corrected chi connectivity index (χ4v) is 2.93. The Morgan fingerprint density at radius 3 is 2.62 bits per heavy atom. The van der Waals surface area contributed by atoms with Gasteiger partial charge in [0.05, 0.1) is 0 Å². The number of hydrogen-bond donors (Lipinski definition) is 1. The van der Waals surface area contributed by atoms with Gasteiger partial charge in [0, 0.05) is 5.54 Å². The van der Waals surface area contributed by atoms with E-state index < -0.39 is 0 Å². The van der Waals surface area contributed by atoms with Crippen molar-refractivity contribution in [2.45, 2.75) is 51.0 Å². The Kier molecular flexibility index (Phi) is 4.00. The van der Waals surface area contributed by atoms with Crippen LogP contribution in [0.1, 0.15) is 44.6 Å². The van der Waals surface area contributed by atoms with Gasteiger partial charge >= 0.3 is 0 Å². The number of rotatable bonds is 5. The fourth-order valence-electron chi connectivity index (χ4n) is 2.93. The molecule has 0 radical (unpaired) electrons. The first-order valence-corrected chi connectivity index (χ1v) is 6.64. The molecule has 1 heteroatoms. The lowest BCUT2D eigenvalue weighted by Gasteiger charge is -2.29. The lowest BCUT2D eigenvalue weighted by atomic mass is 9.86. The Balaban J connectivity index is 1.92. The van der Waals surface area contributed by atoms with Gasteiger partial charge in [-0.15, -0.1) is 0 Å². The molecule has 1 aromatic rings. The summed E-state index contributed by atoms with van der Waals surface area (Å²) in [5.41, 5.74) is 1.93. The Hall–Kier alpha value is -0.820. The van der Waals surface area contributed by atoms with Crippen molar-refractivity contribution in [3.63, 3.8) is 0 Å². The molecule has 1 aromatic carbocycles. The van der Waals surface area contributed by atoms with Gasteiger partial charge in [-0.25, -0.2) is 0 Å². The first-order valence-electron chi connectivity index (χ1n) is 6.64. The number of aryl methyl sites for hydroxylation is 1. The maximum atomic E-state index is 3.74. The van der Waals surface area contributed by atoms with E-state index in [2.05, 4.69) is 42.6 Å². The first kappa shape index (κ1) is 11.7. The molecule has 16 heavy (non-hydrogen) atoms. The molecule has 0 saturated carbocycles. The van der Waals surface area contributed by atoms with Crippen LogP contribution in [0.15, 0.2) is 30.3 Å². The Morgan fingerprint density at radius 1 is 1.19 bits per heavy atom. The van der Waals surface area contributed by atoms with Crippen LogP contribution in [0.5, 0.6) is 0 Å². The van der Waals surface area contributed by atoms with Crippen LogP contribution in [0, 0.1) is 0 Å². The van der Waals surface area contributed by atoms with E-state index >= 15 is 0 Å². The van der Waals surface area contributed by atoms with E-state index in [1.165, 1.54) is 50.6 Å². The quantitative estimate of drug-likeness (QED) is 0.795. The highest BCUT2D eigenvalue weighted by atomic mass is 15.0. The van der Waals surface area contributed by atoms with Crippen LogP contribution in [-0.4, -0.2) is 12.1 Å². The van der Waals surface area contributed by atoms with Crippen molar-refractivity contribution in [3.8, 4) is 0 Å². The highest BCUT2D eigenvalue weighted by Crippen LogP contribution is 2.29. The van der Waals surface area contributed by atoms with Gasteiger partial charge in [-0.1, -0.05) is 43.7 Å². The lowest BCUT2D eigenvalue weighted by Crippen LogP contribution is -2.39. The topological polar surface area (TPSA) is 12.0 Å². The van der Waals surface area contributed by atoms with Crippen molar-refractivity contribution in [2.24, 2.45) is 0 Å². The van der Waals surface area contributed by atoms with Crippen LogP contribution in [0.4, 0.5) is 0 Å². The molecule has 0 aliphatic carbocycles. The Morgan fingerprint density at radius 2 is 2.00 bits per heavy atom. The van der Waals surface area contributed by atoms with Gasteiger partial charge in [0.1, 0.15) is 0 Å². The average molecular weight is 217 g/mol. The normalized spacial score (nSPS) is 24.8. The molecule has 0 aromatic heterocycles. The molecule has 1 atom stereocenters. The van der Waals surface area contributed by atoms with Crippen molar-refractivity contribution in [2.75, 3.05) is 6.54 Å². The zero-order chi connectivity index (χ0) is 11.3. The molecule has 1 fully saturated rings. The van der Waals surface area contributed by atoms with Gasteiger partial charge in [0.15, 0.2) is 0 Å². The maximum absolute atomic E-state index is 3.74. The van der Waals surface area contributed by atoms with Crippen molar-refractivity contribution in [3.05, 3.63) is 35.9 Å². The third-order valence-electron chi connectivity index (χ3n) is 3.80. The molecular formula is C15H23N. The van der Waals surface area contributed by atoms with E-state index in [9.17, 15) is 0 Å². The predicted octanol–water partition coefficient (Wildman–Crippen LogP) is 3.54. The van der Waals surface area contributed by atoms with E-state index in [0.29, 0.717) is 5.54 Å². The molecule has 88 valence electrons. The van der Waals surface area contributed by atoms with Crippen LogP contribution < -0.4 is 5.32 Å². The zero-order valence-electron chi connectivity index (χ0n) is 10.3. The van der Waals surface area contributed by atoms with Gasteiger partial charge in [-0.3, -0.25) is 0 Å². The fraction of sp³-hybridized carbons (Fsp3) is 0.600. The van der Waals surface area contributed by atoms with Crippen molar-refractivity contribution >= 4 is 0 Å². The molecule has 1 aliphatic rings. The largest absolute Gasteiger partial charge is 0.311 e. The molecule has 0 amide bonds. The van der Waals surface area contributed by atoms with E-state index in [-0.39, 0.29) is 0 Å². The minimum atomic E-state index is 0.449. The summed E-state index contributed by atoms with van der Waals surface area (Å²) in [6.45, 7) is 3.51. The molecule has 0 spiro atoms. The number of nitrogens with one attached hydrogen (secondary N) is 1. The third kappa shape index (κ3) is 2.85. The van der Waals surface area contributed by atoms with Gasteiger partial charge < -0.3 is 5.32 Å². The van der Waals surface area contributed by atoms with E-state index in [0.717, 1.165) is 0 Å². The van der Waals surface area contributed by atoms with E-state index in [1.807, 2.05) is 0 Å². The lowest BCUT2D eigenvalue weighted by molar-refractivity contribution is 0.320. The van der Waals surface area contributed by atoms with Crippen molar-refractivity contribution < 1.29 is 0 Å². The van der Waals surface area contributed by atoms with Crippen molar-refractivity contribution in [1.82, 2.24) is 5.32 Å². The summed E-state index contributed by atoms with van der Waals surface area (Å²) in [4.78, 5) is 0. The van der Waals surface area contributed by atoms with Crippen LogP contribution >= 0.6 is 0 Å². The third-order valence-corrected chi connectivity index (χ3v) is 3.80. The Bertz CT molecular complexity index is 298. The zero-order valence-corrected chi connectivity index (χ0v) is 10.3. The van der Waals surface area contributed by atoms with Crippen LogP contribution in [0.3, 0.4) is 0 Å². The standard InChI is InChI=1S/C15H23N/c1-2-10-15(11-6-13-16-15)12-9-14-7-4-3-5-8-14/h3-5,7-8,16H,2,6,9-13H2,1H3. The summed E-state index contributed by atoms with van der Waals surface area (Å²) in [6.07, 6.45) is 7.86. The van der Waals surface area contributed by atoms with Crippen LogP contribution in [0.2, 0.25) is 0 Å². The molecular weight excluding hydrogens is 194 g/mol. The smallest absolute Gasteiger partial charge is 0.0185 e. The predicted molar refractivity (Wildman–Crippen MR) is 69.6 cm³/mol. The first-order chi connectivity index (χ1) is 7.85. The summed E-state index contributed by atoms with van der Waals surface area (Å²) in [7, 11) is 0. The molecule has 1 saturated heterocycles. The monoisotopic (exact) mass is 217 g/mol. The number of benzene rings is 1. The Labute approximate surface area is 99.3 Å². The summed E-state index contributed by atoms with van der Waals surface area (Å²) in [5.74, 6) is 0. The second-order valence-electron chi connectivity index (χ2n) is 5.05. The van der Waals surface area contributed by atoms with Gasteiger partial charge in [-0.05, 0) is 44.2 Å². The molecule has 1 nitrogen and oxygen atoms in total.